The summed E-state index contributed by atoms with van der Waals surface area (Å²) in [4.78, 5) is 25.9. The lowest BCUT2D eigenvalue weighted by Gasteiger charge is -2.18. The number of carbonyl (C=O) groups is 1. The smallest absolute Gasteiger partial charge is 0.298 e. The average molecular weight is 305 g/mol. The molecule has 1 aromatic heterocycles. The summed E-state index contributed by atoms with van der Waals surface area (Å²) in [5.41, 5.74) is 1.63. The second-order valence-electron chi connectivity index (χ2n) is 5.54. The Morgan fingerprint density at radius 1 is 1.29 bits per heavy atom. The first-order chi connectivity index (χ1) is 9.77. The molecule has 0 aliphatic heterocycles. The number of thiazole rings is 1. The molecule has 110 valence electrons. The minimum absolute atomic E-state index is 0.0188. The third-order valence-electron chi connectivity index (χ3n) is 2.91. The standard InChI is InChI=1S/C14H15N3O3S/c1-14(2,3)10-6-4-9(5-7-10)12(18)16-13-15-8-11(21-13)17(19)20/h4-8H,1-3H3,(H,15,16,18). The van der Waals surface area contributed by atoms with Crippen LogP contribution in [0.5, 0.6) is 0 Å². The second-order valence-corrected chi connectivity index (χ2v) is 6.55. The van der Waals surface area contributed by atoms with E-state index in [4.69, 9.17) is 0 Å². The maximum Gasteiger partial charge on any atom is 0.345 e. The molecule has 0 saturated heterocycles. The van der Waals surface area contributed by atoms with Crippen molar-refractivity contribution in [2.24, 2.45) is 0 Å². The van der Waals surface area contributed by atoms with Crippen LogP contribution in [-0.4, -0.2) is 15.8 Å². The number of amides is 1. The Hall–Kier alpha value is -2.28. The second kappa shape index (κ2) is 5.61. The van der Waals surface area contributed by atoms with Crippen LogP contribution in [0.15, 0.2) is 30.5 Å². The molecule has 0 saturated carbocycles. The predicted octanol–water partition coefficient (Wildman–Crippen LogP) is 3.60. The van der Waals surface area contributed by atoms with Gasteiger partial charge in [0, 0.05) is 5.56 Å². The summed E-state index contributed by atoms with van der Waals surface area (Å²) in [6.45, 7) is 6.28. The van der Waals surface area contributed by atoms with E-state index in [0.29, 0.717) is 5.56 Å². The lowest BCUT2D eigenvalue weighted by molar-refractivity contribution is -0.380. The maximum absolute atomic E-state index is 12.0. The number of hydrogen-bond donors (Lipinski definition) is 1. The highest BCUT2D eigenvalue weighted by Crippen LogP contribution is 2.26. The first-order valence-electron chi connectivity index (χ1n) is 6.29. The van der Waals surface area contributed by atoms with Crippen molar-refractivity contribution in [3.05, 3.63) is 51.7 Å². The third kappa shape index (κ3) is 3.63. The van der Waals surface area contributed by atoms with Gasteiger partial charge >= 0.3 is 5.00 Å². The van der Waals surface area contributed by atoms with Crippen molar-refractivity contribution in [3.8, 4) is 0 Å². The number of nitro groups is 1. The molecular weight excluding hydrogens is 290 g/mol. The quantitative estimate of drug-likeness (QED) is 0.693. The lowest BCUT2D eigenvalue weighted by atomic mass is 9.87. The van der Waals surface area contributed by atoms with Crippen molar-refractivity contribution < 1.29 is 9.72 Å². The molecule has 0 aliphatic rings. The minimum Gasteiger partial charge on any atom is -0.298 e. The Bertz CT molecular complexity index is 672. The van der Waals surface area contributed by atoms with Crippen molar-refractivity contribution in [1.29, 1.82) is 0 Å². The number of nitrogens with one attached hydrogen (secondary N) is 1. The van der Waals surface area contributed by atoms with Gasteiger partial charge in [0.2, 0.25) is 0 Å². The summed E-state index contributed by atoms with van der Waals surface area (Å²) >= 11 is 0.829. The largest absolute Gasteiger partial charge is 0.345 e. The molecule has 0 spiro atoms. The molecule has 1 aromatic carbocycles. The van der Waals surface area contributed by atoms with Gasteiger partial charge in [-0.1, -0.05) is 32.9 Å². The van der Waals surface area contributed by atoms with Crippen LogP contribution in [0, 0.1) is 10.1 Å². The SMILES string of the molecule is CC(C)(C)c1ccc(C(=O)Nc2ncc([N+](=O)[O-])s2)cc1. The highest BCUT2D eigenvalue weighted by atomic mass is 32.1. The number of carbonyl (C=O) groups excluding carboxylic acids is 1. The van der Waals surface area contributed by atoms with E-state index in [1.165, 1.54) is 0 Å². The van der Waals surface area contributed by atoms with Crippen LogP contribution in [0.1, 0.15) is 36.7 Å². The van der Waals surface area contributed by atoms with Gasteiger partial charge in [-0.15, -0.1) is 0 Å². The zero-order valence-electron chi connectivity index (χ0n) is 11.9. The Balaban J connectivity index is 2.11. The molecule has 2 aromatic rings. The summed E-state index contributed by atoms with van der Waals surface area (Å²) in [5.74, 6) is -0.334. The molecule has 0 bridgehead atoms. The Labute approximate surface area is 126 Å². The van der Waals surface area contributed by atoms with E-state index >= 15 is 0 Å². The first-order valence-corrected chi connectivity index (χ1v) is 7.11. The molecule has 0 aliphatic carbocycles. The van der Waals surface area contributed by atoms with Gasteiger partial charge in [-0.2, -0.15) is 0 Å². The predicted molar refractivity (Wildman–Crippen MR) is 81.9 cm³/mol. The number of aromatic nitrogens is 1. The van der Waals surface area contributed by atoms with E-state index in [1.807, 2.05) is 12.1 Å². The summed E-state index contributed by atoms with van der Waals surface area (Å²) in [5, 5.41) is 13.2. The van der Waals surface area contributed by atoms with Gasteiger partial charge in [0.15, 0.2) is 5.13 Å². The fourth-order valence-corrected chi connectivity index (χ4v) is 2.33. The number of nitrogens with zero attached hydrogens (tertiary/aromatic N) is 2. The van der Waals surface area contributed by atoms with Crippen LogP contribution in [0.25, 0.3) is 0 Å². The molecule has 7 heteroatoms. The van der Waals surface area contributed by atoms with Gasteiger partial charge in [-0.3, -0.25) is 20.2 Å². The Morgan fingerprint density at radius 3 is 2.38 bits per heavy atom. The molecule has 0 atom stereocenters. The van der Waals surface area contributed by atoms with Crippen molar-refractivity contribution in [2.45, 2.75) is 26.2 Å². The van der Waals surface area contributed by atoms with Gasteiger partial charge in [0.1, 0.15) is 6.20 Å². The van der Waals surface area contributed by atoms with E-state index < -0.39 is 4.92 Å². The molecule has 1 N–H and O–H groups in total. The van der Waals surface area contributed by atoms with Crippen LogP contribution in [0.2, 0.25) is 0 Å². The summed E-state index contributed by atoms with van der Waals surface area (Å²) in [7, 11) is 0. The monoisotopic (exact) mass is 305 g/mol. The fraction of sp³-hybridized carbons (Fsp3) is 0.286. The first kappa shape index (κ1) is 15.1. The highest BCUT2D eigenvalue weighted by Gasteiger charge is 2.16. The molecule has 1 heterocycles. The topological polar surface area (TPSA) is 85.1 Å². The van der Waals surface area contributed by atoms with Gasteiger partial charge < -0.3 is 0 Å². The fourth-order valence-electron chi connectivity index (χ4n) is 1.70. The van der Waals surface area contributed by atoms with Crippen LogP contribution in [0.4, 0.5) is 10.1 Å². The Kier molecular flexibility index (Phi) is 4.04. The van der Waals surface area contributed by atoms with E-state index in [0.717, 1.165) is 23.1 Å². The van der Waals surface area contributed by atoms with E-state index in [2.05, 4.69) is 31.1 Å². The molecule has 1 amide bonds. The molecule has 0 unspecified atom stereocenters. The zero-order chi connectivity index (χ0) is 15.6. The van der Waals surface area contributed by atoms with Crippen LogP contribution >= 0.6 is 11.3 Å². The zero-order valence-corrected chi connectivity index (χ0v) is 12.7. The molecular formula is C14H15N3O3S. The molecule has 2 rings (SSSR count). The van der Waals surface area contributed by atoms with Crippen LogP contribution in [0.3, 0.4) is 0 Å². The molecule has 0 radical (unpaired) electrons. The van der Waals surface area contributed by atoms with Gasteiger partial charge in [0.05, 0.1) is 4.92 Å². The third-order valence-corrected chi connectivity index (χ3v) is 3.77. The summed E-state index contributed by atoms with van der Waals surface area (Å²) in [6, 6.07) is 7.27. The van der Waals surface area contributed by atoms with Crippen molar-refractivity contribution in [2.75, 3.05) is 5.32 Å². The summed E-state index contributed by atoms with van der Waals surface area (Å²) < 4.78 is 0. The highest BCUT2D eigenvalue weighted by molar-refractivity contribution is 7.18. The van der Waals surface area contributed by atoms with E-state index in [9.17, 15) is 14.9 Å². The average Bonchev–Trinajstić information content (AvgIpc) is 2.86. The molecule has 6 nitrogen and oxygen atoms in total. The normalized spacial score (nSPS) is 11.2. The number of hydrogen-bond acceptors (Lipinski definition) is 5. The minimum atomic E-state index is -0.536. The number of benzene rings is 1. The molecule has 21 heavy (non-hydrogen) atoms. The van der Waals surface area contributed by atoms with Gasteiger partial charge in [-0.05, 0) is 34.4 Å². The number of anilines is 1. The number of rotatable bonds is 3. The lowest BCUT2D eigenvalue weighted by Crippen LogP contribution is -2.14. The Morgan fingerprint density at radius 2 is 1.90 bits per heavy atom. The van der Waals surface area contributed by atoms with Crippen molar-refractivity contribution in [1.82, 2.24) is 4.98 Å². The van der Waals surface area contributed by atoms with Crippen molar-refractivity contribution >= 4 is 27.4 Å². The summed E-state index contributed by atoms with van der Waals surface area (Å²) in [6.07, 6.45) is 1.13. The van der Waals surface area contributed by atoms with E-state index in [-0.39, 0.29) is 21.5 Å². The van der Waals surface area contributed by atoms with Crippen molar-refractivity contribution in [3.63, 3.8) is 0 Å². The maximum atomic E-state index is 12.0. The van der Waals surface area contributed by atoms with E-state index in [1.54, 1.807) is 12.1 Å². The van der Waals surface area contributed by atoms with Gasteiger partial charge in [0.25, 0.3) is 5.91 Å². The molecule has 0 fully saturated rings. The van der Waals surface area contributed by atoms with Gasteiger partial charge in [-0.25, -0.2) is 4.98 Å². The van der Waals surface area contributed by atoms with Crippen LogP contribution in [-0.2, 0) is 5.41 Å². The van der Waals surface area contributed by atoms with Crippen LogP contribution < -0.4 is 5.32 Å².